The molecule has 0 spiro atoms. The molecule has 2 atom stereocenters. The highest BCUT2D eigenvalue weighted by Crippen LogP contribution is 2.60. The van der Waals surface area contributed by atoms with Crippen molar-refractivity contribution < 1.29 is 28.7 Å². The Morgan fingerprint density at radius 3 is 1.90 bits per heavy atom. The smallest absolute Gasteiger partial charge is 0.413 e. The molecule has 4 rings (SSSR count). The molecule has 162 valence electrons. The normalized spacial score (nSPS) is 31.7. The topological polar surface area (TPSA) is 111 Å². The second-order valence-electron chi connectivity index (χ2n) is 9.45. The van der Waals surface area contributed by atoms with E-state index in [9.17, 15) is 19.2 Å². The van der Waals surface area contributed by atoms with E-state index in [2.05, 4.69) is 10.1 Å². The molecule has 4 aliphatic rings. The van der Waals surface area contributed by atoms with Crippen molar-refractivity contribution in [2.75, 3.05) is 7.11 Å². The van der Waals surface area contributed by atoms with Crippen LogP contribution in [-0.4, -0.2) is 43.1 Å². The maximum Gasteiger partial charge on any atom is 0.413 e. The van der Waals surface area contributed by atoms with Crippen molar-refractivity contribution in [1.29, 1.82) is 0 Å². The van der Waals surface area contributed by atoms with Crippen LogP contribution in [0.15, 0.2) is 0 Å². The van der Waals surface area contributed by atoms with Crippen molar-refractivity contribution in [1.82, 2.24) is 10.6 Å². The van der Waals surface area contributed by atoms with Gasteiger partial charge in [0.1, 0.15) is 6.04 Å². The summed E-state index contributed by atoms with van der Waals surface area (Å²) in [6.45, 7) is 5.02. The number of hydrogen-bond donors (Lipinski definition) is 2. The van der Waals surface area contributed by atoms with E-state index < -0.39 is 30.1 Å². The fourth-order valence-corrected chi connectivity index (χ4v) is 5.74. The highest BCUT2D eigenvalue weighted by Gasteiger charge is 2.55. The molecule has 4 fully saturated rings. The molecule has 29 heavy (non-hydrogen) atoms. The van der Waals surface area contributed by atoms with Crippen molar-refractivity contribution in [2.45, 2.75) is 71.4 Å². The quantitative estimate of drug-likeness (QED) is 0.652. The highest BCUT2D eigenvalue weighted by atomic mass is 16.6. The first-order chi connectivity index (χ1) is 13.6. The molecule has 0 unspecified atom stereocenters. The third-order valence-corrected chi connectivity index (χ3v) is 6.80. The molecule has 0 aliphatic heterocycles. The molecular weight excluding hydrogens is 376 g/mol. The predicted octanol–water partition coefficient (Wildman–Crippen LogP) is 2.16. The maximum absolute atomic E-state index is 13.3. The summed E-state index contributed by atoms with van der Waals surface area (Å²) >= 11 is 0. The molecule has 0 aromatic rings. The van der Waals surface area contributed by atoms with Gasteiger partial charge < -0.3 is 14.8 Å². The standard InChI is InChI=1S/C21H32N2O6/c1-11(2)16(18(25)29-12(3)17(24)23-20(27)28-4)22-19(26)21-8-13-5-14(9-21)7-15(6-13)10-21/h11-16H,5-10H2,1-4H3,(H,22,26)(H,23,24,27)/t12-,13?,14?,15?,16-,21?/m1/s1. The van der Waals surface area contributed by atoms with Crippen molar-refractivity contribution in [3.8, 4) is 0 Å². The Morgan fingerprint density at radius 1 is 0.931 bits per heavy atom. The minimum atomic E-state index is -1.18. The number of methoxy groups -OCH3 is 1. The van der Waals surface area contributed by atoms with Crippen molar-refractivity contribution in [2.24, 2.45) is 29.1 Å². The first-order valence-corrected chi connectivity index (χ1v) is 10.5. The largest absolute Gasteiger partial charge is 0.453 e. The number of rotatable bonds is 6. The van der Waals surface area contributed by atoms with E-state index in [4.69, 9.17) is 4.74 Å². The van der Waals surface area contributed by atoms with Crippen LogP contribution in [0.2, 0.25) is 0 Å². The number of carbonyl (C=O) groups excluding carboxylic acids is 4. The summed E-state index contributed by atoms with van der Waals surface area (Å²) < 4.78 is 9.59. The average Bonchev–Trinajstić information content (AvgIpc) is 2.64. The van der Waals surface area contributed by atoms with Gasteiger partial charge in [0.05, 0.1) is 7.11 Å². The van der Waals surface area contributed by atoms with Gasteiger partial charge in [-0.15, -0.1) is 0 Å². The van der Waals surface area contributed by atoms with Gasteiger partial charge in [0, 0.05) is 5.41 Å². The van der Waals surface area contributed by atoms with Gasteiger partial charge in [-0.25, -0.2) is 9.59 Å². The molecule has 8 nitrogen and oxygen atoms in total. The lowest BCUT2D eigenvalue weighted by Gasteiger charge is -2.55. The van der Waals surface area contributed by atoms with Crippen LogP contribution in [0.4, 0.5) is 4.79 Å². The van der Waals surface area contributed by atoms with Gasteiger partial charge in [0.2, 0.25) is 5.91 Å². The molecule has 0 aromatic heterocycles. The molecule has 4 bridgehead atoms. The number of esters is 1. The Hall–Kier alpha value is -2.12. The lowest BCUT2D eigenvalue weighted by molar-refractivity contribution is -0.161. The highest BCUT2D eigenvalue weighted by molar-refractivity contribution is 5.95. The van der Waals surface area contributed by atoms with E-state index >= 15 is 0 Å². The van der Waals surface area contributed by atoms with Gasteiger partial charge in [0.15, 0.2) is 6.10 Å². The third kappa shape index (κ3) is 4.56. The molecule has 2 N–H and O–H groups in total. The lowest BCUT2D eigenvalue weighted by atomic mass is 9.49. The Bertz CT molecular complexity index is 653. The molecule has 0 radical (unpaired) electrons. The van der Waals surface area contributed by atoms with E-state index in [0.29, 0.717) is 17.8 Å². The van der Waals surface area contributed by atoms with Crippen LogP contribution in [0.1, 0.15) is 59.3 Å². The summed E-state index contributed by atoms with van der Waals surface area (Å²) in [5, 5.41) is 4.90. The van der Waals surface area contributed by atoms with Crippen LogP contribution >= 0.6 is 0 Å². The van der Waals surface area contributed by atoms with Gasteiger partial charge in [-0.1, -0.05) is 13.8 Å². The third-order valence-electron chi connectivity index (χ3n) is 6.80. The van der Waals surface area contributed by atoms with E-state index in [0.717, 1.165) is 26.4 Å². The van der Waals surface area contributed by atoms with Gasteiger partial charge in [-0.05, 0) is 69.1 Å². The van der Waals surface area contributed by atoms with Crippen LogP contribution in [0.25, 0.3) is 0 Å². The second kappa shape index (κ2) is 8.32. The van der Waals surface area contributed by atoms with Crippen LogP contribution < -0.4 is 10.6 Å². The average molecular weight is 408 g/mol. The van der Waals surface area contributed by atoms with Crippen LogP contribution in [0.5, 0.6) is 0 Å². The summed E-state index contributed by atoms with van der Waals surface area (Å²) in [6, 6.07) is -0.844. The second-order valence-corrected chi connectivity index (χ2v) is 9.45. The van der Waals surface area contributed by atoms with E-state index in [1.807, 2.05) is 19.2 Å². The summed E-state index contributed by atoms with van der Waals surface area (Å²) in [5.74, 6) is 0.163. The number of amides is 3. The molecule has 8 heteroatoms. The minimum absolute atomic E-state index is 0.0566. The Balaban J connectivity index is 1.62. The number of nitrogens with one attached hydrogen (secondary N) is 2. The summed E-state index contributed by atoms with van der Waals surface area (Å²) in [7, 11) is 1.13. The summed E-state index contributed by atoms with van der Waals surface area (Å²) in [4.78, 5) is 49.0. The molecular formula is C21H32N2O6. The lowest BCUT2D eigenvalue weighted by Crippen LogP contribution is -2.57. The summed E-state index contributed by atoms with van der Waals surface area (Å²) in [6.07, 6.45) is 4.31. The number of ether oxygens (including phenoxy) is 2. The van der Waals surface area contributed by atoms with E-state index in [1.54, 1.807) is 0 Å². The van der Waals surface area contributed by atoms with Gasteiger partial charge in [-0.3, -0.25) is 14.9 Å². The molecule has 3 amide bonds. The fourth-order valence-electron chi connectivity index (χ4n) is 5.74. The number of hydrogen-bond acceptors (Lipinski definition) is 6. The van der Waals surface area contributed by atoms with Crippen LogP contribution in [-0.2, 0) is 23.9 Å². The van der Waals surface area contributed by atoms with Gasteiger partial charge in [0.25, 0.3) is 5.91 Å². The van der Waals surface area contributed by atoms with Crippen molar-refractivity contribution in [3.05, 3.63) is 0 Å². The van der Waals surface area contributed by atoms with E-state index in [1.165, 1.54) is 26.2 Å². The van der Waals surface area contributed by atoms with Crippen LogP contribution in [0, 0.1) is 29.1 Å². The first kappa shape index (κ1) is 21.6. The molecule has 0 heterocycles. The van der Waals surface area contributed by atoms with Gasteiger partial charge >= 0.3 is 12.1 Å². The first-order valence-electron chi connectivity index (χ1n) is 10.5. The van der Waals surface area contributed by atoms with Gasteiger partial charge in [-0.2, -0.15) is 0 Å². The monoisotopic (exact) mass is 408 g/mol. The van der Waals surface area contributed by atoms with Crippen LogP contribution in [0.3, 0.4) is 0 Å². The summed E-state index contributed by atoms with van der Waals surface area (Å²) in [5.41, 5.74) is -0.365. The number of carbonyl (C=O) groups is 4. The fraction of sp³-hybridized carbons (Fsp3) is 0.810. The maximum atomic E-state index is 13.3. The number of imide groups is 1. The molecule has 4 aliphatic carbocycles. The zero-order valence-corrected chi connectivity index (χ0v) is 17.7. The van der Waals surface area contributed by atoms with Crippen molar-refractivity contribution >= 4 is 23.9 Å². The Morgan fingerprint density at radius 2 is 1.45 bits per heavy atom. The zero-order chi connectivity index (χ0) is 21.3. The van der Waals surface area contributed by atoms with Crippen molar-refractivity contribution in [3.63, 3.8) is 0 Å². The minimum Gasteiger partial charge on any atom is -0.453 e. The molecule has 4 saturated carbocycles. The Kier molecular flexibility index (Phi) is 6.19. The zero-order valence-electron chi connectivity index (χ0n) is 17.7. The van der Waals surface area contributed by atoms with E-state index in [-0.39, 0.29) is 17.2 Å². The predicted molar refractivity (Wildman–Crippen MR) is 103 cm³/mol. The number of alkyl carbamates (subject to hydrolysis) is 1. The molecule has 0 aromatic carbocycles. The molecule has 0 saturated heterocycles. The SMILES string of the molecule is COC(=O)NC(=O)[C@@H](C)OC(=O)[C@H](NC(=O)C12CC3CC(CC(C3)C1)C2)C(C)C. The Labute approximate surface area is 171 Å².